The van der Waals surface area contributed by atoms with E-state index in [-0.39, 0.29) is 0 Å². The van der Waals surface area contributed by atoms with Gasteiger partial charge in [-0.3, -0.25) is 0 Å². The minimum atomic E-state index is -0.978. The van der Waals surface area contributed by atoms with Gasteiger partial charge in [-0.2, -0.15) is 0 Å². The standard InChI is InChI=1S/C18H19ClO3/c1-11-4-5-12(2)14(8-11)10-17(18(20)21)22-15-6-7-16(19)13(3)9-15/h4-9,17H,10H2,1-3H3,(H,20,21). The summed E-state index contributed by atoms with van der Waals surface area (Å²) in [7, 11) is 0. The number of aliphatic carboxylic acids is 1. The molecule has 22 heavy (non-hydrogen) atoms. The lowest BCUT2D eigenvalue weighted by Gasteiger charge is -2.17. The molecule has 0 fully saturated rings. The molecule has 0 bridgehead atoms. The van der Waals surface area contributed by atoms with E-state index in [1.807, 2.05) is 39.0 Å². The zero-order chi connectivity index (χ0) is 16.3. The number of rotatable bonds is 5. The third kappa shape index (κ3) is 4.01. The maximum atomic E-state index is 11.5. The van der Waals surface area contributed by atoms with Gasteiger partial charge in [-0.05, 0) is 55.7 Å². The zero-order valence-electron chi connectivity index (χ0n) is 12.9. The summed E-state index contributed by atoms with van der Waals surface area (Å²) in [6.07, 6.45) is -0.606. The summed E-state index contributed by atoms with van der Waals surface area (Å²) in [4.78, 5) is 11.5. The van der Waals surface area contributed by atoms with Crippen LogP contribution in [0.25, 0.3) is 0 Å². The fourth-order valence-corrected chi connectivity index (χ4v) is 2.37. The van der Waals surface area contributed by atoms with Gasteiger partial charge in [0.05, 0.1) is 0 Å². The highest BCUT2D eigenvalue weighted by Gasteiger charge is 2.21. The second-order valence-electron chi connectivity index (χ2n) is 5.49. The molecular weight excluding hydrogens is 300 g/mol. The van der Waals surface area contributed by atoms with Crippen molar-refractivity contribution in [1.29, 1.82) is 0 Å². The highest BCUT2D eigenvalue weighted by atomic mass is 35.5. The van der Waals surface area contributed by atoms with Crippen LogP contribution in [0, 0.1) is 20.8 Å². The van der Waals surface area contributed by atoms with E-state index >= 15 is 0 Å². The van der Waals surface area contributed by atoms with Crippen molar-refractivity contribution >= 4 is 17.6 Å². The molecule has 1 N–H and O–H groups in total. The summed E-state index contributed by atoms with van der Waals surface area (Å²) in [6.45, 7) is 5.82. The number of halogens is 1. The highest BCUT2D eigenvalue weighted by Crippen LogP contribution is 2.23. The Kier molecular flexibility index (Phi) is 5.09. The van der Waals surface area contributed by atoms with E-state index in [9.17, 15) is 9.90 Å². The van der Waals surface area contributed by atoms with E-state index in [0.29, 0.717) is 17.2 Å². The van der Waals surface area contributed by atoms with Crippen LogP contribution in [-0.4, -0.2) is 17.2 Å². The van der Waals surface area contributed by atoms with Crippen LogP contribution in [0.15, 0.2) is 36.4 Å². The molecule has 0 saturated carbocycles. The first-order valence-electron chi connectivity index (χ1n) is 7.08. The largest absolute Gasteiger partial charge is 0.478 e. The fraction of sp³-hybridized carbons (Fsp3) is 0.278. The van der Waals surface area contributed by atoms with Crippen LogP contribution in [0.4, 0.5) is 0 Å². The van der Waals surface area contributed by atoms with Gasteiger partial charge in [-0.1, -0.05) is 35.4 Å². The summed E-state index contributed by atoms with van der Waals surface area (Å²) >= 11 is 5.98. The Morgan fingerprint density at radius 1 is 1.14 bits per heavy atom. The summed E-state index contributed by atoms with van der Waals surface area (Å²) in [5.41, 5.74) is 4.01. The number of aryl methyl sites for hydroxylation is 3. The van der Waals surface area contributed by atoms with Crippen molar-refractivity contribution in [3.8, 4) is 5.75 Å². The second-order valence-corrected chi connectivity index (χ2v) is 5.90. The number of carboxylic acids is 1. The molecule has 1 atom stereocenters. The van der Waals surface area contributed by atoms with E-state index in [4.69, 9.17) is 16.3 Å². The molecule has 4 heteroatoms. The average molecular weight is 319 g/mol. The Balaban J connectivity index is 2.21. The molecule has 0 radical (unpaired) electrons. The van der Waals surface area contributed by atoms with Gasteiger partial charge in [0.25, 0.3) is 0 Å². The van der Waals surface area contributed by atoms with Gasteiger partial charge in [-0.15, -0.1) is 0 Å². The molecule has 1 unspecified atom stereocenters. The molecule has 2 rings (SSSR count). The normalized spacial score (nSPS) is 12.0. The lowest BCUT2D eigenvalue weighted by atomic mass is 10.00. The maximum Gasteiger partial charge on any atom is 0.345 e. The highest BCUT2D eigenvalue weighted by molar-refractivity contribution is 6.31. The zero-order valence-corrected chi connectivity index (χ0v) is 13.6. The molecule has 116 valence electrons. The van der Waals surface area contributed by atoms with Crippen molar-refractivity contribution < 1.29 is 14.6 Å². The van der Waals surface area contributed by atoms with E-state index < -0.39 is 12.1 Å². The third-order valence-electron chi connectivity index (χ3n) is 3.59. The Bertz CT molecular complexity index is 695. The van der Waals surface area contributed by atoms with Crippen molar-refractivity contribution in [2.24, 2.45) is 0 Å². The monoisotopic (exact) mass is 318 g/mol. The number of hydrogen-bond acceptors (Lipinski definition) is 2. The predicted octanol–water partition coefficient (Wildman–Crippen LogP) is 4.34. The molecular formula is C18H19ClO3. The van der Waals surface area contributed by atoms with Crippen molar-refractivity contribution in [2.75, 3.05) is 0 Å². The molecule has 0 saturated heterocycles. The molecule has 0 aliphatic rings. The van der Waals surface area contributed by atoms with E-state index in [1.165, 1.54) is 0 Å². The van der Waals surface area contributed by atoms with Crippen LogP contribution in [0.1, 0.15) is 22.3 Å². The van der Waals surface area contributed by atoms with Crippen LogP contribution in [0.5, 0.6) is 5.75 Å². The smallest absolute Gasteiger partial charge is 0.345 e. The van der Waals surface area contributed by atoms with Crippen molar-refractivity contribution in [2.45, 2.75) is 33.3 Å². The number of ether oxygens (including phenoxy) is 1. The predicted molar refractivity (Wildman–Crippen MR) is 87.9 cm³/mol. The van der Waals surface area contributed by atoms with Crippen LogP contribution in [0.2, 0.25) is 5.02 Å². The van der Waals surface area contributed by atoms with Gasteiger partial charge in [0, 0.05) is 11.4 Å². The first kappa shape index (κ1) is 16.4. The molecule has 0 spiro atoms. The maximum absolute atomic E-state index is 11.5. The SMILES string of the molecule is Cc1ccc(C)c(CC(Oc2ccc(Cl)c(C)c2)C(=O)O)c1. The van der Waals surface area contributed by atoms with Crippen LogP contribution in [0.3, 0.4) is 0 Å². The van der Waals surface area contributed by atoms with Gasteiger partial charge >= 0.3 is 5.97 Å². The van der Waals surface area contributed by atoms with Crippen LogP contribution < -0.4 is 4.74 Å². The number of carboxylic acid groups (broad SMARTS) is 1. The average Bonchev–Trinajstić information content (AvgIpc) is 2.45. The van der Waals surface area contributed by atoms with Crippen LogP contribution >= 0.6 is 11.6 Å². The van der Waals surface area contributed by atoms with Gasteiger partial charge in [0.1, 0.15) is 5.75 Å². The number of hydrogen-bond donors (Lipinski definition) is 1. The molecule has 2 aromatic carbocycles. The van der Waals surface area contributed by atoms with Gasteiger partial charge in [0.2, 0.25) is 0 Å². The van der Waals surface area contributed by atoms with Gasteiger partial charge in [-0.25, -0.2) is 4.79 Å². The van der Waals surface area contributed by atoms with Gasteiger partial charge < -0.3 is 9.84 Å². The molecule has 0 heterocycles. The summed E-state index contributed by atoms with van der Waals surface area (Å²) in [6, 6.07) is 11.2. The van der Waals surface area contributed by atoms with Crippen LogP contribution in [-0.2, 0) is 11.2 Å². The Labute approximate surface area is 135 Å². The molecule has 0 amide bonds. The van der Waals surface area contributed by atoms with E-state index in [2.05, 4.69) is 0 Å². The summed E-state index contributed by atoms with van der Waals surface area (Å²) < 4.78 is 5.65. The third-order valence-corrected chi connectivity index (χ3v) is 4.02. The first-order valence-corrected chi connectivity index (χ1v) is 7.46. The van der Waals surface area contributed by atoms with Crippen molar-refractivity contribution in [3.63, 3.8) is 0 Å². The summed E-state index contributed by atoms with van der Waals surface area (Å²) in [5.74, 6) is -0.465. The Hall–Kier alpha value is -2.00. The Morgan fingerprint density at radius 2 is 1.86 bits per heavy atom. The van der Waals surface area contributed by atoms with E-state index in [1.54, 1.807) is 18.2 Å². The number of benzene rings is 2. The van der Waals surface area contributed by atoms with Crippen molar-refractivity contribution in [1.82, 2.24) is 0 Å². The molecule has 3 nitrogen and oxygen atoms in total. The molecule has 0 aliphatic carbocycles. The fourth-order valence-electron chi connectivity index (χ4n) is 2.25. The summed E-state index contributed by atoms with van der Waals surface area (Å²) in [5, 5.41) is 10.1. The minimum absolute atomic E-state index is 0.324. The molecule has 0 aliphatic heterocycles. The minimum Gasteiger partial charge on any atom is -0.478 e. The van der Waals surface area contributed by atoms with Crippen molar-refractivity contribution in [3.05, 3.63) is 63.7 Å². The topological polar surface area (TPSA) is 46.5 Å². The lowest BCUT2D eigenvalue weighted by Crippen LogP contribution is -2.29. The molecule has 2 aromatic rings. The number of carbonyl (C=O) groups is 1. The quantitative estimate of drug-likeness (QED) is 0.892. The second kappa shape index (κ2) is 6.84. The lowest BCUT2D eigenvalue weighted by molar-refractivity contribution is -0.145. The Morgan fingerprint density at radius 3 is 2.50 bits per heavy atom. The first-order chi connectivity index (χ1) is 10.4. The van der Waals surface area contributed by atoms with Gasteiger partial charge in [0.15, 0.2) is 6.10 Å². The van der Waals surface area contributed by atoms with E-state index in [0.717, 1.165) is 22.3 Å². The molecule has 0 aromatic heterocycles.